The van der Waals surface area contributed by atoms with Crippen LogP contribution in [0, 0.1) is 5.92 Å². The zero-order valence-corrected chi connectivity index (χ0v) is 11.6. The normalized spacial score (nSPS) is 28.8. The Bertz CT molecular complexity index is 505. The summed E-state index contributed by atoms with van der Waals surface area (Å²) in [5.74, 6) is 1.83. The molecular weight excluding hydrogens is 262 g/mol. The molecule has 2 aliphatic rings. The zero-order valence-electron chi connectivity index (χ0n) is 10.8. The molecule has 0 aromatic heterocycles. The number of hydrogen-bond acceptors (Lipinski definition) is 4. The first-order valence-corrected chi connectivity index (χ1v) is 7.61. The second-order valence-electron chi connectivity index (χ2n) is 5.05. The molecular formula is C14H17NO3S. The molecule has 1 fully saturated rings. The minimum absolute atomic E-state index is 0.178. The van der Waals surface area contributed by atoms with Gasteiger partial charge in [0.05, 0.1) is 13.0 Å². The highest BCUT2D eigenvalue weighted by molar-refractivity contribution is 7.99. The molecule has 5 heteroatoms. The van der Waals surface area contributed by atoms with Crippen molar-refractivity contribution in [1.29, 1.82) is 0 Å². The number of methoxy groups -OCH3 is 1. The van der Waals surface area contributed by atoms with Crippen LogP contribution in [0.1, 0.15) is 17.9 Å². The Hall–Kier alpha value is -1.36. The lowest BCUT2D eigenvalue weighted by Crippen LogP contribution is -2.44. The largest absolute Gasteiger partial charge is 0.497 e. The third-order valence-electron chi connectivity index (χ3n) is 4.03. The second kappa shape index (κ2) is 4.96. The summed E-state index contributed by atoms with van der Waals surface area (Å²) in [7, 11) is 1.62. The Morgan fingerprint density at radius 1 is 1.53 bits per heavy atom. The maximum Gasteiger partial charge on any atom is 0.311 e. The van der Waals surface area contributed by atoms with Gasteiger partial charge in [-0.25, -0.2) is 0 Å². The van der Waals surface area contributed by atoms with Gasteiger partial charge in [0.1, 0.15) is 5.75 Å². The number of rotatable bonds is 2. The van der Waals surface area contributed by atoms with Crippen LogP contribution in [-0.4, -0.2) is 35.7 Å². The van der Waals surface area contributed by atoms with Gasteiger partial charge < -0.3 is 15.2 Å². The summed E-state index contributed by atoms with van der Waals surface area (Å²) in [6.07, 6.45) is 1.02. The van der Waals surface area contributed by atoms with Gasteiger partial charge >= 0.3 is 5.97 Å². The molecule has 0 bridgehead atoms. The Kier molecular flexibility index (Phi) is 3.31. The summed E-state index contributed by atoms with van der Waals surface area (Å²) in [6.45, 7) is 0. The van der Waals surface area contributed by atoms with Crippen LogP contribution in [0.15, 0.2) is 18.2 Å². The fourth-order valence-electron chi connectivity index (χ4n) is 3.07. The van der Waals surface area contributed by atoms with E-state index in [0.29, 0.717) is 0 Å². The molecule has 0 spiro atoms. The molecule has 4 nitrogen and oxygen atoms in total. The number of carbonyl (C=O) groups is 1. The van der Waals surface area contributed by atoms with Crippen LogP contribution in [0.25, 0.3) is 0 Å². The van der Waals surface area contributed by atoms with Crippen molar-refractivity contribution in [2.45, 2.75) is 18.4 Å². The van der Waals surface area contributed by atoms with Crippen LogP contribution in [0.2, 0.25) is 0 Å². The van der Waals surface area contributed by atoms with Gasteiger partial charge in [-0.05, 0) is 29.6 Å². The van der Waals surface area contributed by atoms with E-state index in [2.05, 4.69) is 5.32 Å². The van der Waals surface area contributed by atoms with Crippen molar-refractivity contribution in [3.05, 3.63) is 23.8 Å². The molecule has 1 aromatic carbocycles. The fourth-order valence-corrected chi connectivity index (χ4v) is 4.36. The van der Waals surface area contributed by atoms with E-state index in [4.69, 9.17) is 4.74 Å². The molecule has 1 saturated heterocycles. The van der Waals surface area contributed by atoms with Gasteiger partial charge in [0.25, 0.3) is 0 Å². The lowest BCUT2D eigenvalue weighted by molar-refractivity contribution is -0.140. The van der Waals surface area contributed by atoms with Crippen molar-refractivity contribution in [3.8, 4) is 5.75 Å². The minimum atomic E-state index is -0.717. The maximum absolute atomic E-state index is 11.7. The van der Waals surface area contributed by atoms with Crippen molar-refractivity contribution in [1.82, 2.24) is 0 Å². The van der Waals surface area contributed by atoms with E-state index < -0.39 is 11.9 Å². The summed E-state index contributed by atoms with van der Waals surface area (Å²) in [5, 5.41) is 13.1. The first-order valence-electron chi connectivity index (χ1n) is 6.45. The Labute approximate surface area is 116 Å². The van der Waals surface area contributed by atoms with Crippen LogP contribution >= 0.6 is 11.8 Å². The van der Waals surface area contributed by atoms with Crippen molar-refractivity contribution in [3.63, 3.8) is 0 Å². The minimum Gasteiger partial charge on any atom is -0.497 e. The summed E-state index contributed by atoms with van der Waals surface area (Å²) >= 11 is 1.86. The smallest absolute Gasteiger partial charge is 0.311 e. The maximum atomic E-state index is 11.7. The third-order valence-corrected chi connectivity index (χ3v) is 5.18. The first kappa shape index (κ1) is 12.7. The molecule has 2 N–H and O–H groups in total. The molecule has 3 unspecified atom stereocenters. The lowest BCUT2D eigenvalue weighted by atomic mass is 9.77. The average molecular weight is 279 g/mol. The Morgan fingerprint density at radius 2 is 2.37 bits per heavy atom. The number of carboxylic acids is 1. The van der Waals surface area contributed by atoms with Crippen molar-refractivity contribution in [2.75, 3.05) is 23.9 Å². The number of carboxylic acid groups (broad SMARTS) is 1. The van der Waals surface area contributed by atoms with Crippen LogP contribution in [0.3, 0.4) is 0 Å². The van der Waals surface area contributed by atoms with E-state index in [-0.39, 0.29) is 12.0 Å². The Morgan fingerprint density at radius 3 is 3.11 bits per heavy atom. The van der Waals surface area contributed by atoms with Gasteiger partial charge in [0.15, 0.2) is 0 Å². The Balaban J connectivity index is 2.04. The van der Waals surface area contributed by atoms with Gasteiger partial charge in [-0.15, -0.1) is 0 Å². The molecule has 0 amide bonds. The quantitative estimate of drug-likeness (QED) is 0.870. The van der Waals surface area contributed by atoms with E-state index in [1.807, 2.05) is 30.0 Å². The van der Waals surface area contributed by atoms with Crippen LogP contribution in [0.4, 0.5) is 5.69 Å². The van der Waals surface area contributed by atoms with E-state index in [9.17, 15) is 9.90 Å². The lowest BCUT2D eigenvalue weighted by Gasteiger charge is -2.41. The molecule has 102 valence electrons. The number of fused-ring (bicyclic) bond motifs is 2. The van der Waals surface area contributed by atoms with Gasteiger partial charge in [-0.2, -0.15) is 11.8 Å². The average Bonchev–Trinajstić information content (AvgIpc) is 2.43. The molecule has 0 radical (unpaired) electrons. The molecule has 1 aromatic rings. The molecule has 0 saturated carbocycles. The standard InChI is InChI=1S/C14H17NO3S/c1-18-8-2-3-9-12(6-8)15-11-4-5-19-7-10(11)13(9)14(16)17/h2-3,6,10-11,13,15H,4-5,7H2,1H3,(H,16,17). The molecule has 2 aliphatic heterocycles. The summed E-state index contributed by atoms with van der Waals surface area (Å²) in [5.41, 5.74) is 1.80. The zero-order chi connectivity index (χ0) is 13.4. The van der Waals surface area contributed by atoms with Crippen molar-refractivity contribution in [2.24, 2.45) is 5.92 Å². The van der Waals surface area contributed by atoms with Crippen molar-refractivity contribution >= 4 is 23.4 Å². The number of benzene rings is 1. The highest BCUT2D eigenvalue weighted by Gasteiger charge is 2.42. The number of thioether (sulfide) groups is 1. The predicted octanol–water partition coefficient (Wildman–Crippen LogP) is 2.41. The molecule has 19 heavy (non-hydrogen) atoms. The molecule has 3 atom stereocenters. The first-order chi connectivity index (χ1) is 9.20. The summed E-state index contributed by atoms with van der Waals surface area (Å²) in [6, 6.07) is 5.90. The number of hydrogen-bond donors (Lipinski definition) is 2. The van der Waals surface area contributed by atoms with E-state index >= 15 is 0 Å². The van der Waals surface area contributed by atoms with Crippen LogP contribution in [-0.2, 0) is 4.79 Å². The van der Waals surface area contributed by atoms with Gasteiger partial charge in [-0.1, -0.05) is 6.07 Å². The predicted molar refractivity (Wildman–Crippen MR) is 76.2 cm³/mol. The third kappa shape index (κ3) is 2.16. The highest BCUT2D eigenvalue weighted by Crippen LogP contribution is 2.44. The van der Waals surface area contributed by atoms with E-state index in [0.717, 1.165) is 34.9 Å². The van der Waals surface area contributed by atoms with E-state index in [1.165, 1.54) is 0 Å². The molecule has 2 heterocycles. The number of nitrogens with one attached hydrogen (secondary N) is 1. The van der Waals surface area contributed by atoms with Crippen LogP contribution < -0.4 is 10.1 Å². The molecule has 3 rings (SSSR count). The van der Waals surface area contributed by atoms with Crippen LogP contribution in [0.5, 0.6) is 5.75 Å². The summed E-state index contributed by atoms with van der Waals surface area (Å²) < 4.78 is 5.22. The SMILES string of the molecule is COc1ccc2c(c1)NC1CCSCC1C2C(=O)O. The fraction of sp³-hybridized carbons (Fsp3) is 0.500. The number of aliphatic carboxylic acids is 1. The topological polar surface area (TPSA) is 58.6 Å². The number of anilines is 1. The second-order valence-corrected chi connectivity index (χ2v) is 6.20. The van der Waals surface area contributed by atoms with Gasteiger partial charge in [-0.3, -0.25) is 4.79 Å². The van der Waals surface area contributed by atoms with Gasteiger partial charge in [0.2, 0.25) is 0 Å². The van der Waals surface area contributed by atoms with Crippen molar-refractivity contribution < 1.29 is 14.6 Å². The molecule has 0 aliphatic carbocycles. The monoisotopic (exact) mass is 279 g/mol. The van der Waals surface area contributed by atoms with E-state index in [1.54, 1.807) is 7.11 Å². The summed E-state index contributed by atoms with van der Waals surface area (Å²) in [4.78, 5) is 11.7. The van der Waals surface area contributed by atoms with Gasteiger partial charge in [0, 0.05) is 23.7 Å². The number of ether oxygens (including phenoxy) is 1. The highest BCUT2D eigenvalue weighted by atomic mass is 32.2.